The van der Waals surface area contributed by atoms with Gasteiger partial charge in [0.05, 0.1) is 11.8 Å². The first-order valence-corrected chi connectivity index (χ1v) is 6.86. The van der Waals surface area contributed by atoms with Crippen LogP contribution in [0.5, 0.6) is 5.75 Å². The average Bonchev–Trinajstić information content (AvgIpc) is 2.50. The lowest BCUT2D eigenvalue weighted by atomic mass is 9.97. The zero-order valence-corrected chi connectivity index (χ0v) is 12.7. The zero-order valence-electron chi connectivity index (χ0n) is 12.7. The van der Waals surface area contributed by atoms with Gasteiger partial charge in [0, 0.05) is 17.8 Å². The SMILES string of the molecule is C/C(N)=C/C1=NC(N)=CCN(C)C1c1ccc(C)cc1O. The van der Waals surface area contributed by atoms with Gasteiger partial charge >= 0.3 is 0 Å². The minimum atomic E-state index is -0.193. The van der Waals surface area contributed by atoms with Crippen molar-refractivity contribution in [2.24, 2.45) is 16.5 Å². The van der Waals surface area contributed by atoms with Crippen LogP contribution in [0, 0.1) is 6.92 Å². The van der Waals surface area contributed by atoms with Gasteiger partial charge in [-0.1, -0.05) is 12.1 Å². The number of nitrogens with zero attached hydrogens (tertiary/aromatic N) is 2. The van der Waals surface area contributed by atoms with E-state index in [0.29, 0.717) is 18.1 Å². The molecule has 0 spiro atoms. The standard InChI is InChI=1S/C16H22N4O/c1-10-4-5-12(14(21)8-10)16-13(9-11(2)17)19-15(18)6-7-20(16)3/h4-6,8-9,16,21H,7,17-18H2,1-3H3/b11-9-. The zero-order chi connectivity index (χ0) is 15.6. The van der Waals surface area contributed by atoms with E-state index in [1.807, 2.05) is 32.2 Å². The van der Waals surface area contributed by atoms with Crippen LogP contribution in [0.15, 0.2) is 46.9 Å². The molecular formula is C16H22N4O. The van der Waals surface area contributed by atoms with Crippen LogP contribution in [0.25, 0.3) is 0 Å². The number of phenols is 1. The quantitative estimate of drug-likeness (QED) is 0.773. The Kier molecular flexibility index (Phi) is 4.33. The molecule has 0 amide bonds. The smallest absolute Gasteiger partial charge is 0.121 e. The summed E-state index contributed by atoms with van der Waals surface area (Å²) in [6.45, 7) is 4.40. The lowest BCUT2D eigenvalue weighted by molar-refractivity contribution is 0.327. The molecule has 0 saturated heterocycles. The molecule has 1 aromatic rings. The minimum absolute atomic E-state index is 0.193. The fourth-order valence-corrected chi connectivity index (χ4v) is 2.45. The van der Waals surface area contributed by atoms with E-state index in [4.69, 9.17) is 11.5 Å². The Labute approximate surface area is 125 Å². The lowest BCUT2D eigenvalue weighted by Crippen LogP contribution is -2.30. The maximum Gasteiger partial charge on any atom is 0.121 e. The summed E-state index contributed by atoms with van der Waals surface area (Å²) < 4.78 is 0. The minimum Gasteiger partial charge on any atom is -0.508 e. The Morgan fingerprint density at radius 2 is 2.19 bits per heavy atom. The summed E-state index contributed by atoms with van der Waals surface area (Å²) in [5.74, 6) is 0.714. The van der Waals surface area contributed by atoms with Crippen LogP contribution in [0.4, 0.5) is 0 Å². The molecule has 1 aliphatic rings. The molecule has 0 aliphatic carbocycles. The molecule has 1 atom stereocenters. The molecule has 0 fully saturated rings. The third-order valence-corrected chi connectivity index (χ3v) is 3.42. The maximum atomic E-state index is 10.3. The van der Waals surface area contributed by atoms with Crippen LogP contribution in [0.1, 0.15) is 24.1 Å². The number of hydrogen-bond donors (Lipinski definition) is 3. The molecule has 2 rings (SSSR count). The summed E-state index contributed by atoms with van der Waals surface area (Å²) in [6, 6.07) is 5.45. The van der Waals surface area contributed by atoms with Crippen molar-refractivity contribution in [1.82, 2.24) is 4.90 Å². The number of benzene rings is 1. The number of likely N-dealkylation sites (N-methyl/N-ethyl adjacent to an activating group) is 1. The van der Waals surface area contributed by atoms with Crippen molar-refractivity contribution in [1.29, 1.82) is 0 Å². The first-order valence-electron chi connectivity index (χ1n) is 6.86. The molecule has 1 aliphatic heterocycles. The van der Waals surface area contributed by atoms with Crippen molar-refractivity contribution in [2.75, 3.05) is 13.6 Å². The third kappa shape index (κ3) is 3.44. The highest BCUT2D eigenvalue weighted by molar-refractivity contribution is 6.01. The highest BCUT2D eigenvalue weighted by Crippen LogP contribution is 2.32. The summed E-state index contributed by atoms with van der Waals surface area (Å²) >= 11 is 0. The van der Waals surface area contributed by atoms with Crippen LogP contribution in [0.3, 0.4) is 0 Å². The van der Waals surface area contributed by atoms with Crippen molar-refractivity contribution in [3.05, 3.63) is 53.0 Å². The molecule has 0 radical (unpaired) electrons. The van der Waals surface area contributed by atoms with Crippen molar-refractivity contribution >= 4 is 5.71 Å². The second-order valence-electron chi connectivity index (χ2n) is 5.46. The number of aromatic hydroxyl groups is 1. The Balaban J connectivity index is 2.56. The molecule has 5 heteroatoms. The Bertz CT molecular complexity index is 627. The highest BCUT2D eigenvalue weighted by atomic mass is 16.3. The number of nitrogens with two attached hydrogens (primary N) is 2. The highest BCUT2D eigenvalue weighted by Gasteiger charge is 2.26. The summed E-state index contributed by atoms with van der Waals surface area (Å²) in [6.07, 6.45) is 3.65. The number of hydrogen-bond acceptors (Lipinski definition) is 5. The Morgan fingerprint density at radius 1 is 1.48 bits per heavy atom. The second-order valence-corrected chi connectivity index (χ2v) is 5.46. The van der Waals surface area contributed by atoms with E-state index in [1.54, 1.807) is 19.1 Å². The van der Waals surface area contributed by atoms with Crippen LogP contribution < -0.4 is 11.5 Å². The van der Waals surface area contributed by atoms with Crippen molar-refractivity contribution in [3.8, 4) is 5.75 Å². The molecule has 1 heterocycles. The molecule has 0 bridgehead atoms. The molecular weight excluding hydrogens is 264 g/mol. The van der Waals surface area contributed by atoms with E-state index in [-0.39, 0.29) is 11.8 Å². The fraction of sp³-hybridized carbons (Fsp3) is 0.312. The van der Waals surface area contributed by atoms with Gasteiger partial charge in [0.2, 0.25) is 0 Å². The summed E-state index contributed by atoms with van der Waals surface area (Å²) in [5, 5.41) is 10.3. The molecule has 112 valence electrons. The van der Waals surface area contributed by atoms with E-state index in [2.05, 4.69) is 9.89 Å². The third-order valence-electron chi connectivity index (χ3n) is 3.42. The second kappa shape index (κ2) is 6.01. The summed E-state index contributed by atoms with van der Waals surface area (Å²) in [4.78, 5) is 6.51. The van der Waals surface area contributed by atoms with Gasteiger partial charge < -0.3 is 16.6 Å². The van der Waals surface area contributed by atoms with E-state index >= 15 is 0 Å². The number of aliphatic imine (C=N–C) groups is 1. The van der Waals surface area contributed by atoms with Crippen LogP contribution in [0.2, 0.25) is 0 Å². The topological polar surface area (TPSA) is 87.9 Å². The molecule has 5 N–H and O–H groups in total. The van der Waals surface area contributed by atoms with Gasteiger partial charge in [-0.3, -0.25) is 4.90 Å². The predicted molar refractivity (Wildman–Crippen MR) is 85.9 cm³/mol. The number of rotatable bonds is 2. The fourth-order valence-electron chi connectivity index (χ4n) is 2.45. The Hall–Kier alpha value is -2.27. The largest absolute Gasteiger partial charge is 0.508 e. The van der Waals surface area contributed by atoms with Gasteiger partial charge in [0.1, 0.15) is 11.6 Å². The molecule has 0 saturated carbocycles. The first kappa shape index (κ1) is 15.1. The van der Waals surface area contributed by atoms with Crippen LogP contribution >= 0.6 is 0 Å². The number of phenolic OH excluding ortho intramolecular Hbond substituents is 1. The van der Waals surface area contributed by atoms with Gasteiger partial charge in [-0.15, -0.1) is 0 Å². The molecule has 0 aromatic heterocycles. The van der Waals surface area contributed by atoms with Gasteiger partial charge in [0.25, 0.3) is 0 Å². The van der Waals surface area contributed by atoms with Gasteiger partial charge in [0.15, 0.2) is 0 Å². The van der Waals surface area contributed by atoms with Crippen LogP contribution in [-0.2, 0) is 0 Å². The molecule has 1 unspecified atom stereocenters. The van der Waals surface area contributed by atoms with Crippen molar-refractivity contribution < 1.29 is 5.11 Å². The first-order chi connectivity index (χ1) is 9.88. The van der Waals surface area contributed by atoms with E-state index in [0.717, 1.165) is 16.8 Å². The van der Waals surface area contributed by atoms with Gasteiger partial charge in [-0.2, -0.15) is 0 Å². The van der Waals surface area contributed by atoms with E-state index in [9.17, 15) is 5.11 Å². The number of aryl methyl sites for hydroxylation is 1. The molecule has 21 heavy (non-hydrogen) atoms. The molecule has 1 aromatic carbocycles. The summed E-state index contributed by atoms with van der Waals surface area (Å²) in [7, 11) is 1.97. The lowest BCUT2D eigenvalue weighted by Gasteiger charge is -2.27. The van der Waals surface area contributed by atoms with E-state index in [1.165, 1.54) is 0 Å². The van der Waals surface area contributed by atoms with Gasteiger partial charge in [-0.25, -0.2) is 4.99 Å². The summed E-state index contributed by atoms with van der Waals surface area (Å²) in [5.41, 5.74) is 14.9. The van der Waals surface area contributed by atoms with Gasteiger partial charge in [-0.05, 0) is 44.7 Å². The Morgan fingerprint density at radius 3 is 2.81 bits per heavy atom. The average molecular weight is 286 g/mol. The maximum absolute atomic E-state index is 10.3. The van der Waals surface area contributed by atoms with E-state index < -0.39 is 0 Å². The monoisotopic (exact) mass is 286 g/mol. The number of allylic oxidation sites excluding steroid dienone is 1. The van der Waals surface area contributed by atoms with Crippen molar-refractivity contribution in [2.45, 2.75) is 19.9 Å². The normalized spacial score (nSPS) is 20.7. The van der Waals surface area contributed by atoms with Crippen LogP contribution in [-0.4, -0.2) is 29.3 Å². The predicted octanol–water partition coefficient (Wildman–Crippen LogP) is 1.79. The van der Waals surface area contributed by atoms with Crippen molar-refractivity contribution in [3.63, 3.8) is 0 Å². The molecule has 5 nitrogen and oxygen atoms in total.